The lowest BCUT2D eigenvalue weighted by Gasteiger charge is -2.28. The number of anilines is 1. The fraction of sp³-hybridized carbons (Fsp3) is 0.263. The van der Waals surface area contributed by atoms with Gasteiger partial charge in [-0.1, -0.05) is 30.3 Å². The van der Waals surface area contributed by atoms with E-state index < -0.39 is 0 Å². The zero-order chi connectivity index (χ0) is 17.5. The van der Waals surface area contributed by atoms with Crippen molar-refractivity contribution in [3.8, 4) is 0 Å². The zero-order valence-electron chi connectivity index (χ0n) is 13.8. The summed E-state index contributed by atoms with van der Waals surface area (Å²) < 4.78 is 0. The lowest BCUT2D eigenvalue weighted by atomic mass is 10.2. The highest BCUT2D eigenvalue weighted by Crippen LogP contribution is 2.34. The Balaban J connectivity index is 1.43. The van der Waals surface area contributed by atoms with Crippen LogP contribution in [0.4, 0.5) is 5.69 Å². The zero-order valence-corrected chi connectivity index (χ0v) is 15.4. The van der Waals surface area contributed by atoms with Crippen LogP contribution in [0.1, 0.15) is 6.42 Å². The Hall–Kier alpha value is -1.92. The van der Waals surface area contributed by atoms with Gasteiger partial charge < -0.3 is 10.2 Å². The second kappa shape index (κ2) is 8.97. The molecule has 2 amide bonds. The number of hydrogen-bond acceptors (Lipinski definition) is 4. The molecule has 4 nitrogen and oxygen atoms in total. The quantitative estimate of drug-likeness (QED) is 0.598. The van der Waals surface area contributed by atoms with Crippen molar-refractivity contribution in [1.29, 1.82) is 0 Å². The summed E-state index contributed by atoms with van der Waals surface area (Å²) in [5, 5.41) is 2.91. The van der Waals surface area contributed by atoms with Crippen molar-refractivity contribution in [2.45, 2.75) is 16.2 Å². The van der Waals surface area contributed by atoms with Crippen LogP contribution in [0.5, 0.6) is 0 Å². The molecule has 2 aromatic rings. The van der Waals surface area contributed by atoms with Crippen molar-refractivity contribution < 1.29 is 9.59 Å². The van der Waals surface area contributed by atoms with Crippen LogP contribution in [0.2, 0.25) is 0 Å². The third-order valence-corrected chi connectivity index (χ3v) is 5.91. The average molecular weight is 373 g/mol. The second-order valence-electron chi connectivity index (χ2n) is 5.60. The maximum Gasteiger partial charge on any atom is 0.240 e. The summed E-state index contributed by atoms with van der Waals surface area (Å²) in [6.45, 7) is 0.708. The molecule has 0 unspecified atom stereocenters. The van der Waals surface area contributed by atoms with Crippen LogP contribution in [-0.2, 0) is 9.59 Å². The number of hydrogen-bond donors (Lipinski definition) is 1. The Morgan fingerprint density at radius 1 is 1.12 bits per heavy atom. The van der Waals surface area contributed by atoms with Crippen LogP contribution in [0, 0.1) is 0 Å². The number of fused-ring (bicyclic) bond motifs is 1. The first-order valence-electron chi connectivity index (χ1n) is 8.21. The van der Waals surface area contributed by atoms with Crippen molar-refractivity contribution in [1.82, 2.24) is 5.32 Å². The summed E-state index contributed by atoms with van der Waals surface area (Å²) in [4.78, 5) is 28.2. The van der Waals surface area contributed by atoms with Crippen molar-refractivity contribution >= 4 is 41.0 Å². The molecule has 0 bridgehead atoms. The fourth-order valence-corrected chi connectivity index (χ4v) is 4.34. The summed E-state index contributed by atoms with van der Waals surface area (Å²) in [5.74, 6) is 1.21. The highest BCUT2D eigenvalue weighted by atomic mass is 32.2. The highest BCUT2D eigenvalue weighted by Gasteiger charge is 2.25. The predicted molar refractivity (Wildman–Crippen MR) is 104 cm³/mol. The molecule has 130 valence electrons. The van der Waals surface area contributed by atoms with Crippen molar-refractivity contribution in [3.05, 3.63) is 54.6 Å². The second-order valence-corrected chi connectivity index (χ2v) is 7.79. The van der Waals surface area contributed by atoms with Crippen LogP contribution in [0.15, 0.2) is 64.4 Å². The van der Waals surface area contributed by atoms with Gasteiger partial charge in [0.25, 0.3) is 0 Å². The molecule has 1 N–H and O–H groups in total. The van der Waals surface area contributed by atoms with E-state index in [0.717, 1.165) is 22.8 Å². The van der Waals surface area contributed by atoms with Gasteiger partial charge in [0.2, 0.25) is 11.8 Å². The van der Waals surface area contributed by atoms with Crippen molar-refractivity contribution in [3.63, 3.8) is 0 Å². The first kappa shape index (κ1) is 17.9. The van der Waals surface area contributed by atoms with E-state index in [0.29, 0.717) is 12.3 Å². The molecule has 1 heterocycles. The normalized spacial score (nSPS) is 13.4. The number of nitrogens with one attached hydrogen (secondary N) is 1. The summed E-state index contributed by atoms with van der Waals surface area (Å²) in [6.07, 6.45) is 0.895. The number of nitrogens with zero attached hydrogens (tertiary/aromatic N) is 1. The maximum absolute atomic E-state index is 12.2. The van der Waals surface area contributed by atoms with E-state index in [1.165, 1.54) is 16.7 Å². The van der Waals surface area contributed by atoms with Crippen LogP contribution in [0.25, 0.3) is 0 Å². The molecule has 2 aromatic carbocycles. The summed E-state index contributed by atoms with van der Waals surface area (Å²) in [5.41, 5.74) is 0.832. The van der Waals surface area contributed by atoms with E-state index in [4.69, 9.17) is 0 Å². The number of rotatable bonds is 7. The largest absolute Gasteiger partial charge is 0.355 e. The first-order valence-corrected chi connectivity index (χ1v) is 10.2. The van der Waals surface area contributed by atoms with E-state index >= 15 is 0 Å². The molecular weight excluding hydrogens is 352 g/mol. The molecule has 0 atom stereocenters. The molecule has 0 aliphatic carbocycles. The number of benzene rings is 2. The fourth-order valence-electron chi connectivity index (χ4n) is 2.53. The van der Waals surface area contributed by atoms with Gasteiger partial charge in [0, 0.05) is 16.3 Å². The number of amides is 2. The molecule has 3 rings (SSSR count). The standard InChI is InChI=1S/C19H20N2O2S2/c22-18(20-11-6-12-24-15-7-2-1-3-8-15)13-21-16-9-4-5-10-17(16)25-14-19(21)23/h1-5,7-10H,6,11-14H2,(H,20,22). The van der Waals surface area contributed by atoms with Crippen LogP contribution in [-0.4, -0.2) is 36.4 Å². The first-order chi connectivity index (χ1) is 12.2. The third kappa shape index (κ3) is 5.03. The lowest BCUT2D eigenvalue weighted by Crippen LogP contribution is -2.43. The van der Waals surface area contributed by atoms with Gasteiger partial charge in [-0.15, -0.1) is 23.5 Å². The Bertz CT molecular complexity index is 737. The third-order valence-electron chi connectivity index (χ3n) is 3.77. The number of para-hydroxylation sites is 1. The van der Waals surface area contributed by atoms with Crippen LogP contribution < -0.4 is 10.2 Å². The maximum atomic E-state index is 12.2. The van der Waals surface area contributed by atoms with Gasteiger partial charge in [-0.2, -0.15) is 0 Å². The minimum Gasteiger partial charge on any atom is -0.355 e. The molecule has 6 heteroatoms. The van der Waals surface area contributed by atoms with Gasteiger partial charge in [0.05, 0.1) is 11.4 Å². The summed E-state index contributed by atoms with van der Waals surface area (Å²) in [7, 11) is 0. The van der Waals surface area contributed by atoms with Gasteiger partial charge in [-0.3, -0.25) is 9.59 Å². The molecule has 0 saturated heterocycles. The minimum atomic E-state index is -0.111. The molecular formula is C19H20N2O2S2. The molecule has 0 aromatic heterocycles. The van der Waals surface area contributed by atoms with Gasteiger partial charge in [-0.05, 0) is 36.4 Å². The van der Waals surface area contributed by atoms with Crippen LogP contribution >= 0.6 is 23.5 Å². The molecule has 0 spiro atoms. The van der Waals surface area contributed by atoms with E-state index in [9.17, 15) is 9.59 Å². The number of carbonyl (C=O) groups excluding carboxylic acids is 2. The summed E-state index contributed by atoms with van der Waals surface area (Å²) >= 11 is 3.30. The minimum absolute atomic E-state index is 0.0153. The van der Waals surface area contributed by atoms with Gasteiger partial charge in [0.15, 0.2) is 0 Å². The number of thioether (sulfide) groups is 2. The SMILES string of the molecule is O=C(CN1C(=O)CSc2ccccc21)NCCCSc1ccccc1. The molecule has 25 heavy (non-hydrogen) atoms. The summed E-state index contributed by atoms with van der Waals surface area (Å²) in [6, 6.07) is 17.9. The van der Waals surface area contributed by atoms with E-state index in [1.54, 1.807) is 16.7 Å². The molecule has 1 aliphatic heterocycles. The predicted octanol–water partition coefficient (Wildman–Crippen LogP) is 3.42. The average Bonchev–Trinajstić information content (AvgIpc) is 2.65. The molecule has 0 radical (unpaired) electrons. The molecule has 0 fully saturated rings. The Morgan fingerprint density at radius 2 is 1.88 bits per heavy atom. The van der Waals surface area contributed by atoms with Gasteiger partial charge in [-0.25, -0.2) is 0 Å². The van der Waals surface area contributed by atoms with Gasteiger partial charge in [0.1, 0.15) is 6.54 Å². The van der Waals surface area contributed by atoms with E-state index in [-0.39, 0.29) is 18.4 Å². The highest BCUT2D eigenvalue weighted by molar-refractivity contribution is 8.00. The van der Waals surface area contributed by atoms with Crippen molar-refractivity contribution in [2.24, 2.45) is 0 Å². The van der Waals surface area contributed by atoms with Gasteiger partial charge >= 0.3 is 0 Å². The Labute approximate surface area is 156 Å². The Kier molecular flexibility index (Phi) is 6.42. The lowest BCUT2D eigenvalue weighted by molar-refractivity contribution is -0.122. The van der Waals surface area contributed by atoms with Crippen LogP contribution in [0.3, 0.4) is 0 Å². The van der Waals surface area contributed by atoms with E-state index in [1.807, 2.05) is 42.5 Å². The van der Waals surface area contributed by atoms with Crippen molar-refractivity contribution in [2.75, 3.05) is 29.5 Å². The molecule has 0 saturated carbocycles. The smallest absolute Gasteiger partial charge is 0.240 e. The Morgan fingerprint density at radius 3 is 2.72 bits per heavy atom. The monoisotopic (exact) mass is 372 g/mol. The molecule has 1 aliphatic rings. The topological polar surface area (TPSA) is 49.4 Å². The number of carbonyl (C=O) groups is 2. The van der Waals surface area contributed by atoms with E-state index in [2.05, 4.69) is 17.4 Å².